The normalized spacial score (nSPS) is 18.5. The minimum atomic E-state index is -0.193. The summed E-state index contributed by atoms with van der Waals surface area (Å²) in [5, 5.41) is 3.06. The third-order valence-electron chi connectivity index (χ3n) is 3.89. The van der Waals surface area contributed by atoms with E-state index in [1.807, 2.05) is 24.1 Å². The first-order valence-corrected chi connectivity index (χ1v) is 7.36. The number of nitrogens with zero attached hydrogens (tertiary/aromatic N) is 1. The van der Waals surface area contributed by atoms with Crippen molar-refractivity contribution in [2.24, 2.45) is 5.92 Å². The van der Waals surface area contributed by atoms with Gasteiger partial charge < -0.3 is 10.2 Å². The molecule has 110 valence electrons. The van der Waals surface area contributed by atoms with E-state index in [4.69, 9.17) is 0 Å². The van der Waals surface area contributed by atoms with Crippen LogP contribution in [0.15, 0.2) is 24.3 Å². The smallest absolute Gasteiger partial charge is 0.222 e. The van der Waals surface area contributed by atoms with Crippen LogP contribution < -0.4 is 5.32 Å². The number of rotatable bonds is 6. The summed E-state index contributed by atoms with van der Waals surface area (Å²) in [7, 11) is 1.90. The number of halogens is 1. The molecule has 20 heavy (non-hydrogen) atoms. The average molecular weight is 278 g/mol. The highest BCUT2D eigenvalue weighted by atomic mass is 19.1. The third kappa shape index (κ3) is 4.30. The van der Waals surface area contributed by atoms with Crippen molar-refractivity contribution in [3.63, 3.8) is 0 Å². The molecule has 4 heteroatoms. The molecule has 1 aliphatic heterocycles. The monoisotopic (exact) mass is 278 g/mol. The van der Waals surface area contributed by atoms with E-state index in [9.17, 15) is 9.18 Å². The summed E-state index contributed by atoms with van der Waals surface area (Å²) in [5.41, 5.74) is 1.15. The molecule has 3 nitrogen and oxygen atoms in total. The van der Waals surface area contributed by atoms with Gasteiger partial charge in [-0.25, -0.2) is 4.39 Å². The molecule has 0 radical (unpaired) electrons. The number of carbonyl (C=O) groups is 1. The first kappa shape index (κ1) is 15.0. The van der Waals surface area contributed by atoms with E-state index in [1.54, 1.807) is 0 Å². The Kier molecular flexibility index (Phi) is 5.53. The molecule has 1 heterocycles. The van der Waals surface area contributed by atoms with Crippen LogP contribution in [0.1, 0.15) is 24.8 Å². The number of hydrogen-bond acceptors (Lipinski definition) is 2. The van der Waals surface area contributed by atoms with Crippen molar-refractivity contribution >= 4 is 5.91 Å². The van der Waals surface area contributed by atoms with Gasteiger partial charge in [-0.2, -0.15) is 0 Å². The molecular weight excluding hydrogens is 255 g/mol. The second kappa shape index (κ2) is 7.39. The van der Waals surface area contributed by atoms with Gasteiger partial charge in [-0.3, -0.25) is 4.79 Å². The van der Waals surface area contributed by atoms with Gasteiger partial charge in [-0.1, -0.05) is 12.1 Å². The Bertz CT molecular complexity index is 433. The number of amides is 1. The van der Waals surface area contributed by atoms with Gasteiger partial charge in [0, 0.05) is 19.5 Å². The van der Waals surface area contributed by atoms with Crippen LogP contribution in [0.2, 0.25) is 0 Å². The lowest BCUT2D eigenvalue weighted by Gasteiger charge is -2.16. The van der Waals surface area contributed by atoms with Gasteiger partial charge in [0.15, 0.2) is 0 Å². The van der Waals surface area contributed by atoms with Crippen LogP contribution in [0.4, 0.5) is 4.39 Å². The molecule has 1 atom stereocenters. The summed E-state index contributed by atoms with van der Waals surface area (Å²) in [5.74, 6) is 0.581. The van der Waals surface area contributed by atoms with Gasteiger partial charge in [0.1, 0.15) is 5.82 Å². The number of likely N-dealkylation sites (tertiary alicyclic amines) is 1. The maximum absolute atomic E-state index is 12.9. The summed E-state index contributed by atoms with van der Waals surface area (Å²) in [6, 6.07) is 6.69. The second-order valence-corrected chi connectivity index (χ2v) is 5.53. The Morgan fingerprint density at radius 2 is 2.15 bits per heavy atom. The van der Waals surface area contributed by atoms with Gasteiger partial charge >= 0.3 is 0 Å². The molecular formula is C16H23FN2O. The molecule has 1 aromatic rings. The average Bonchev–Trinajstić information content (AvgIpc) is 2.90. The molecule has 1 unspecified atom stereocenters. The first-order chi connectivity index (χ1) is 9.69. The topological polar surface area (TPSA) is 32.3 Å². The van der Waals surface area contributed by atoms with Crippen molar-refractivity contribution in [1.82, 2.24) is 10.2 Å². The molecule has 0 bridgehead atoms. The fourth-order valence-electron chi connectivity index (χ4n) is 2.75. The van der Waals surface area contributed by atoms with Gasteiger partial charge in [0.25, 0.3) is 0 Å². The zero-order valence-corrected chi connectivity index (χ0v) is 12.1. The Balaban J connectivity index is 1.77. The molecule has 0 saturated carbocycles. The van der Waals surface area contributed by atoms with Gasteiger partial charge in [0.2, 0.25) is 5.91 Å². The van der Waals surface area contributed by atoms with Crippen LogP contribution in [0.3, 0.4) is 0 Å². The second-order valence-electron chi connectivity index (χ2n) is 5.53. The lowest BCUT2D eigenvalue weighted by atomic mass is 9.99. The fourth-order valence-corrected chi connectivity index (χ4v) is 2.75. The van der Waals surface area contributed by atoms with E-state index in [0.717, 1.165) is 44.5 Å². The summed E-state index contributed by atoms with van der Waals surface area (Å²) < 4.78 is 12.9. The number of benzene rings is 1. The molecule has 1 N–H and O–H groups in total. The Morgan fingerprint density at radius 1 is 1.40 bits per heavy atom. The summed E-state index contributed by atoms with van der Waals surface area (Å²) >= 11 is 0. The minimum absolute atomic E-state index is 0.193. The minimum Gasteiger partial charge on any atom is -0.342 e. The molecule has 1 fully saturated rings. The van der Waals surface area contributed by atoms with Crippen LogP contribution in [0, 0.1) is 11.7 Å². The Hall–Kier alpha value is -1.42. The van der Waals surface area contributed by atoms with Crippen molar-refractivity contribution < 1.29 is 9.18 Å². The molecule has 1 aliphatic rings. The van der Waals surface area contributed by atoms with E-state index >= 15 is 0 Å². The molecule has 1 saturated heterocycles. The van der Waals surface area contributed by atoms with Crippen LogP contribution in [-0.4, -0.2) is 37.5 Å². The van der Waals surface area contributed by atoms with Gasteiger partial charge in [0.05, 0.1) is 0 Å². The molecule has 1 amide bonds. The van der Waals surface area contributed by atoms with Crippen molar-refractivity contribution in [2.75, 3.05) is 26.7 Å². The SMILES string of the molecule is CNCCCC(=O)N1CCC(Cc2ccc(F)cc2)C1. The predicted molar refractivity (Wildman–Crippen MR) is 78.0 cm³/mol. The Labute approximate surface area is 120 Å². The maximum atomic E-state index is 12.9. The number of hydrogen-bond donors (Lipinski definition) is 1. The lowest BCUT2D eigenvalue weighted by Crippen LogP contribution is -2.29. The summed E-state index contributed by atoms with van der Waals surface area (Å²) in [6.07, 6.45) is 3.51. The van der Waals surface area contributed by atoms with Crippen molar-refractivity contribution in [3.8, 4) is 0 Å². The zero-order valence-electron chi connectivity index (χ0n) is 12.1. The molecule has 2 rings (SSSR count). The van der Waals surface area contributed by atoms with Crippen LogP contribution >= 0.6 is 0 Å². The third-order valence-corrected chi connectivity index (χ3v) is 3.89. The number of carbonyl (C=O) groups excluding carboxylic acids is 1. The van der Waals surface area contributed by atoms with Crippen LogP contribution in [0.5, 0.6) is 0 Å². The van der Waals surface area contributed by atoms with E-state index in [-0.39, 0.29) is 11.7 Å². The van der Waals surface area contributed by atoms with E-state index in [1.165, 1.54) is 12.1 Å². The van der Waals surface area contributed by atoms with Crippen molar-refractivity contribution in [3.05, 3.63) is 35.6 Å². The van der Waals surface area contributed by atoms with Crippen LogP contribution in [0.25, 0.3) is 0 Å². The fraction of sp³-hybridized carbons (Fsp3) is 0.562. The molecule has 1 aromatic carbocycles. The summed E-state index contributed by atoms with van der Waals surface area (Å²) in [4.78, 5) is 14.0. The van der Waals surface area contributed by atoms with E-state index in [2.05, 4.69) is 5.32 Å². The largest absolute Gasteiger partial charge is 0.342 e. The first-order valence-electron chi connectivity index (χ1n) is 7.36. The maximum Gasteiger partial charge on any atom is 0.222 e. The Morgan fingerprint density at radius 3 is 2.85 bits per heavy atom. The standard InChI is InChI=1S/C16H23FN2O/c1-18-9-2-3-16(20)19-10-8-14(12-19)11-13-4-6-15(17)7-5-13/h4-7,14,18H,2-3,8-12H2,1H3. The highest BCUT2D eigenvalue weighted by Gasteiger charge is 2.25. The molecule has 0 aliphatic carbocycles. The summed E-state index contributed by atoms with van der Waals surface area (Å²) in [6.45, 7) is 2.60. The van der Waals surface area contributed by atoms with E-state index in [0.29, 0.717) is 12.3 Å². The predicted octanol–water partition coefficient (Wildman–Crippen LogP) is 2.22. The van der Waals surface area contributed by atoms with Crippen LogP contribution in [-0.2, 0) is 11.2 Å². The number of nitrogens with one attached hydrogen (secondary N) is 1. The molecule has 0 spiro atoms. The highest BCUT2D eigenvalue weighted by molar-refractivity contribution is 5.76. The quantitative estimate of drug-likeness (QED) is 0.809. The van der Waals surface area contributed by atoms with Crippen molar-refractivity contribution in [1.29, 1.82) is 0 Å². The lowest BCUT2D eigenvalue weighted by molar-refractivity contribution is -0.130. The van der Waals surface area contributed by atoms with Crippen molar-refractivity contribution in [2.45, 2.75) is 25.7 Å². The van der Waals surface area contributed by atoms with Gasteiger partial charge in [-0.15, -0.1) is 0 Å². The molecule has 0 aromatic heterocycles. The van der Waals surface area contributed by atoms with Gasteiger partial charge in [-0.05, 0) is 56.5 Å². The zero-order chi connectivity index (χ0) is 14.4. The highest BCUT2D eigenvalue weighted by Crippen LogP contribution is 2.21. The van der Waals surface area contributed by atoms with E-state index < -0.39 is 0 Å².